The molecule has 6 heteroatoms. The smallest absolute Gasteiger partial charge is 0.143 e. The number of anilines is 3. The molecule has 0 radical (unpaired) electrons. The van der Waals surface area contributed by atoms with Crippen LogP contribution in [-0.2, 0) is 17.8 Å². The van der Waals surface area contributed by atoms with E-state index in [1.807, 2.05) is 18.2 Å². The highest BCUT2D eigenvalue weighted by Gasteiger charge is 2.30. The molecule has 0 amide bonds. The highest BCUT2D eigenvalue weighted by molar-refractivity contribution is 5.73. The summed E-state index contributed by atoms with van der Waals surface area (Å²) in [5.41, 5.74) is 5.68. The number of para-hydroxylation sites is 2. The van der Waals surface area contributed by atoms with Crippen LogP contribution < -0.4 is 14.5 Å². The molecule has 0 N–H and O–H groups in total. The van der Waals surface area contributed by atoms with Crippen LogP contribution in [0.4, 0.5) is 21.5 Å². The second-order valence-electron chi connectivity index (χ2n) is 9.99. The van der Waals surface area contributed by atoms with Gasteiger partial charge < -0.3 is 19.3 Å². The lowest BCUT2D eigenvalue weighted by atomic mass is 10.1. The molecule has 3 aromatic carbocycles. The highest BCUT2D eigenvalue weighted by Crippen LogP contribution is 2.40. The van der Waals surface area contributed by atoms with Gasteiger partial charge in [-0.05, 0) is 73.8 Å². The standard InChI is InChI=1S/C30H34FN3O2/c31-25-9-12-28-24(20-25)22-36-30-6-2-1-5-29(30)34(28)21-27-4-3-14-32(27)15-13-23-7-10-26(11-8-23)33-16-18-35-19-17-33/h1-2,5-12,20,27H,3-4,13-19,21-22H2. The average molecular weight is 488 g/mol. The molecule has 0 aliphatic carbocycles. The Bertz CT molecular complexity index is 1180. The van der Waals surface area contributed by atoms with Gasteiger partial charge in [0.05, 0.1) is 18.9 Å². The molecule has 0 aromatic heterocycles. The number of nitrogens with zero attached hydrogens (tertiary/aromatic N) is 3. The Balaban J connectivity index is 1.16. The summed E-state index contributed by atoms with van der Waals surface area (Å²) in [5, 5.41) is 0. The molecule has 0 spiro atoms. The first kappa shape index (κ1) is 23.3. The van der Waals surface area contributed by atoms with Crippen LogP contribution in [-0.4, -0.2) is 56.9 Å². The van der Waals surface area contributed by atoms with Crippen LogP contribution in [0.25, 0.3) is 0 Å². The number of hydrogen-bond donors (Lipinski definition) is 0. The van der Waals surface area contributed by atoms with E-state index in [0.29, 0.717) is 12.6 Å². The lowest BCUT2D eigenvalue weighted by molar-refractivity contribution is 0.122. The maximum absolute atomic E-state index is 14.1. The summed E-state index contributed by atoms with van der Waals surface area (Å²) in [6.07, 6.45) is 3.43. The predicted molar refractivity (Wildman–Crippen MR) is 142 cm³/mol. The summed E-state index contributed by atoms with van der Waals surface area (Å²) < 4.78 is 25.6. The van der Waals surface area contributed by atoms with E-state index in [0.717, 1.165) is 75.0 Å². The van der Waals surface area contributed by atoms with E-state index in [1.165, 1.54) is 24.1 Å². The van der Waals surface area contributed by atoms with Crippen molar-refractivity contribution in [3.05, 3.63) is 83.7 Å². The van der Waals surface area contributed by atoms with Gasteiger partial charge in [0.15, 0.2) is 0 Å². The number of likely N-dealkylation sites (tertiary alicyclic amines) is 1. The molecular formula is C30H34FN3O2. The minimum Gasteiger partial charge on any atom is -0.487 e. The third kappa shape index (κ3) is 4.93. The maximum Gasteiger partial charge on any atom is 0.143 e. The molecule has 5 nitrogen and oxygen atoms in total. The molecule has 1 unspecified atom stereocenters. The van der Waals surface area contributed by atoms with Gasteiger partial charge in [0.2, 0.25) is 0 Å². The number of fused-ring (bicyclic) bond motifs is 2. The van der Waals surface area contributed by atoms with E-state index < -0.39 is 0 Å². The molecule has 3 aliphatic rings. The third-order valence-electron chi connectivity index (χ3n) is 7.76. The van der Waals surface area contributed by atoms with Crippen molar-refractivity contribution in [3.63, 3.8) is 0 Å². The van der Waals surface area contributed by atoms with Crippen molar-refractivity contribution in [3.8, 4) is 5.75 Å². The van der Waals surface area contributed by atoms with Gasteiger partial charge >= 0.3 is 0 Å². The topological polar surface area (TPSA) is 28.2 Å². The summed E-state index contributed by atoms with van der Waals surface area (Å²) in [6.45, 7) is 6.98. The molecule has 188 valence electrons. The SMILES string of the molecule is Fc1ccc2c(c1)COc1ccccc1N2CC1CCCN1CCc1ccc(N2CCOCC2)cc1. The van der Waals surface area contributed by atoms with Crippen LogP contribution in [0.3, 0.4) is 0 Å². The minimum absolute atomic E-state index is 0.217. The zero-order valence-electron chi connectivity index (χ0n) is 20.7. The van der Waals surface area contributed by atoms with Crippen molar-refractivity contribution < 1.29 is 13.9 Å². The molecule has 1 atom stereocenters. The van der Waals surface area contributed by atoms with Crippen LogP contribution >= 0.6 is 0 Å². The summed E-state index contributed by atoms with van der Waals surface area (Å²) in [5.74, 6) is 0.643. The Morgan fingerprint density at radius 2 is 1.72 bits per heavy atom. The first-order chi connectivity index (χ1) is 17.7. The largest absolute Gasteiger partial charge is 0.487 e. The maximum atomic E-state index is 14.1. The molecule has 6 rings (SSSR count). The van der Waals surface area contributed by atoms with Crippen LogP contribution in [0.15, 0.2) is 66.7 Å². The molecule has 0 saturated carbocycles. The second-order valence-corrected chi connectivity index (χ2v) is 9.99. The van der Waals surface area contributed by atoms with Crippen molar-refractivity contribution in [1.82, 2.24) is 4.90 Å². The Hall–Kier alpha value is -3.09. The zero-order chi connectivity index (χ0) is 24.3. The number of halogens is 1. The molecule has 0 bridgehead atoms. The molecule has 3 aromatic rings. The van der Waals surface area contributed by atoms with Crippen LogP contribution in [0.2, 0.25) is 0 Å². The number of morpholine rings is 1. The molecule has 36 heavy (non-hydrogen) atoms. The zero-order valence-corrected chi connectivity index (χ0v) is 20.7. The van der Waals surface area contributed by atoms with E-state index in [1.54, 1.807) is 12.1 Å². The van der Waals surface area contributed by atoms with Gasteiger partial charge in [-0.25, -0.2) is 4.39 Å². The normalized spacial score (nSPS) is 20.0. The van der Waals surface area contributed by atoms with Gasteiger partial charge in [0.25, 0.3) is 0 Å². The van der Waals surface area contributed by atoms with Crippen molar-refractivity contribution in [2.45, 2.75) is 31.9 Å². The first-order valence-corrected chi connectivity index (χ1v) is 13.2. The van der Waals surface area contributed by atoms with Gasteiger partial charge in [-0.3, -0.25) is 4.90 Å². The summed E-state index contributed by atoms with van der Waals surface area (Å²) in [7, 11) is 0. The lowest BCUT2D eigenvalue weighted by Gasteiger charge is -2.33. The van der Waals surface area contributed by atoms with Gasteiger partial charge in [-0.1, -0.05) is 24.3 Å². The highest BCUT2D eigenvalue weighted by atomic mass is 19.1. The lowest BCUT2D eigenvalue weighted by Crippen LogP contribution is -2.39. The molecule has 3 aliphatic heterocycles. The Kier molecular flexibility index (Phi) is 6.79. The third-order valence-corrected chi connectivity index (χ3v) is 7.76. The summed E-state index contributed by atoms with van der Waals surface area (Å²) in [6, 6.07) is 22.8. The quantitative estimate of drug-likeness (QED) is 0.464. The monoisotopic (exact) mass is 487 g/mol. The predicted octanol–water partition coefficient (Wildman–Crippen LogP) is 5.40. The average Bonchev–Trinajstić information content (AvgIpc) is 3.31. The molecule has 3 heterocycles. The summed E-state index contributed by atoms with van der Waals surface area (Å²) in [4.78, 5) is 7.38. The molecule has 2 fully saturated rings. The Morgan fingerprint density at radius 1 is 0.889 bits per heavy atom. The van der Waals surface area contributed by atoms with Gasteiger partial charge in [-0.2, -0.15) is 0 Å². The van der Waals surface area contributed by atoms with Crippen molar-refractivity contribution >= 4 is 17.1 Å². The summed E-state index contributed by atoms with van der Waals surface area (Å²) >= 11 is 0. The Labute approximate surface area is 213 Å². The fraction of sp³-hybridized carbons (Fsp3) is 0.400. The number of rotatable bonds is 6. The van der Waals surface area contributed by atoms with E-state index in [9.17, 15) is 4.39 Å². The van der Waals surface area contributed by atoms with E-state index in [4.69, 9.17) is 9.47 Å². The second kappa shape index (κ2) is 10.5. The van der Waals surface area contributed by atoms with E-state index >= 15 is 0 Å². The van der Waals surface area contributed by atoms with Crippen molar-refractivity contribution in [2.75, 3.05) is 55.7 Å². The van der Waals surface area contributed by atoms with Gasteiger partial charge in [-0.15, -0.1) is 0 Å². The number of benzene rings is 3. The van der Waals surface area contributed by atoms with E-state index in [-0.39, 0.29) is 5.82 Å². The van der Waals surface area contributed by atoms with Crippen LogP contribution in [0, 0.1) is 5.82 Å². The van der Waals surface area contributed by atoms with Crippen LogP contribution in [0.5, 0.6) is 5.75 Å². The minimum atomic E-state index is -0.217. The number of ether oxygens (including phenoxy) is 2. The van der Waals surface area contributed by atoms with Gasteiger partial charge in [0.1, 0.15) is 18.2 Å². The first-order valence-electron chi connectivity index (χ1n) is 13.2. The van der Waals surface area contributed by atoms with E-state index in [2.05, 4.69) is 51.1 Å². The van der Waals surface area contributed by atoms with Crippen LogP contribution in [0.1, 0.15) is 24.0 Å². The molecular weight excluding hydrogens is 453 g/mol. The number of hydrogen-bond acceptors (Lipinski definition) is 5. The molecule has 2 saturated heterocycles. The van der Waals surface area contributed by atoms with Gasteiger partial charge in [0, 0.05) is 49.2 Å². The Morgan fingerprint density at radius 3 is 2.58 bits per heavy atom. The van der Waals surface area contributed by atoms with Crippen molar-refractivity contribution in [2.24, 2.45) is 0 Å². The fourth-order valence-corrected chi connectivity index (χ4v) is 5.79. The fourth-order valence-electron chi connectivity index (χ4n) is 5.79. The van der Waals surface area contributed by atoms with Crippen molar-refractivity contribution in [1.29, 1.82) is 0 Å².